The van der Waals surface area contributed by atoms with Gasteiger partial charge in [0.05, 0.1) is 34.0 Å². The maximum Gasteiger partial charge on any atom is 0.407 e. The number of nitrogens with zero attached hydrogens (tertiary/aromatic N) is 5. The fourth-order valence-corrected chi connectivity index (χ4v) is 3.86. The van der Waals surface area contributed by atoms with Crippen molar-refractivity contribution < 1.29 is 9.53 Å². The summed E-state index contributed by atoms with van der Waals surface area (Å²) >= 11 is 6.50. The first kappa shape index (κ1) is 22.0. The van der Waals surface area contributed by atoms with Crippen LogP contribution < -0.4 is 10.2 Å². The largest absolute Gasteiger partial charge is 0.444 e. The molecule has 1 aliphatic heterocycles. The number of hydrogen-bond donors (Lipinski definition) is 1. The first-order valence-electron chi connectivity index (χ1n) is 10.4. The summed E-state index contributed by atoms with van der Waals surface area (Å²) in [6.07, 6.45) is 8.76. The van der Waals surface area contributed by atoms with Crippen LogP contribution in [-0.2, 0) is 4.74 Å². The van der Waals surface area contributed by atoms with Gasteiger partial charge in [0.2, 0.25) is 0 Å². The Morgan fingerprint density at radius 2 is 2.03 bits per heavy atom. The van der Waals surface area contributed by atoms with Gasteiger partial charge in [0.25, 0.3) is 0 Å². The van der Waals surface area contributed by atoms with E-state index in [9.17, 15) is 4.79 Å². The molecular weight excluding hydrogens is 428 g/mol. The molecule has 2 aromatic heterocycles. The van der Waals surface area contributed by atoms with Crippen LogP contribution in [0.15, 0.2) is 48.0 Å². The van der Waals surface area contributed by atoms with Gasteiger partial charge in [0.1, 0.15) is 11.3 Å². The molecule has 0 saturated carbocycles. The number of hydrogen-bond acceptors (Lipinski definition) is 7. The average molecular weight is 453 g/mol. The van der Waals surface area contributed by atoms with Gasteiger partial charge in [0, 0.05) is 37.9 Å². The van der Waals surface area contributed by atoms with Crippen molar-refractivity contribution in [2.45, 2.75) is 38.8 Å². The molecular formula is C23H25ClN6O2. The number of amides is 1. The Morgan fingerprint density at radius 1 is 1.25 bits per heavy atom. The van der Waals surface area contributed by atoms with Gasteiger partial charge in [0.15, 0.2) is 0 Å². The van der Waals surface area contributed by atoms with Gasteiger partial charge < -0.3 is 15.0 Å². The smallest absolute Gasteiger partial charge is 0.407 e. The molecule has 3 heterocycles. The first-order valence-corrected chi connectivity index (χ1v) is 10.8. The number of fused-ring (bicyclic) bond motifs is 1. The molecule has 1 atom stereocenters. The Hall–Kier alpha value is -3.26. The lowest BCUT2D eigenvalue weighted by atomic mass is 10.2. The number of aliphatic imine (C=N–C) groups is 1. The van der Waals surface area contributed by atoms with Gasteiger partial charge in [-0.2, -0.15) is 0 Å². The summed E-state index contributed by atoms with van der Waals surface area (Å²) in [5, 5.41) is 3.45. The normalized spacial score (nSPS) is 16.6. The lowest BCUT2D eigenvalue weighted by Gasteiger charge is -2.23. The summed E-state index contributed by atoms with van der Waals surface area (Å²) in [5.74, 6) is 0. The Labute approximate surface area is 191 Å². The number of nitrogens with one attached hydrogen (secondary N) is 1. The summed E-state index contributed by atoms with van der Waals surface area (Å²) in [6.45, 7) is 6.87. The summed E-state index contributed by atoms with van der Waals surface area (Å²) in [6, 6.07) is 5.74. The van der Waals surface area contributed by atoms with Crippen molar-refractivity contribution in [1.29, 1.82) is 0 Å². The van der Waals surface area contributed by atoms with E-state index in [2.05, 4.69) is 30.2 Å². The molecule has 1 saturated heterocycles. The zero-order chi connectivity index (χ0) is 22.7. The Morgan fingerprint density at radius 3 is 2.81 bits per heavy atom. The van der Waals surface area contributed by atoms with Crippen LogP contribution in [0.3, 0.4) is 0 Å². The lowest BCUT2D eigenvalue weighted by molar-refractivity contribution is 0.0509. The fraction of sp³-hybridized carbons (Fsp3) is 0.348. The number of rotatable bonds is 4. The van der Waals surface area contributed by atoms with E-state index in [0.717, 1.165) is 35.2 Å². The van der Waals surface area contributed by atoms with Crippen molar-refractivity contribution in [2.75, 3.05) is 18.0 Å². The number of benzene rings is 1. The molecule has 1 aliphatic rings. The fourth-order valence-electron chi connectivity index (χ4n) is 3.59. The minimum absolute atomic E-state index is 0.0371. The average Bonchev–Trinajstić information content (AvgIpc) is 3.18. The van der Waals surface area contributed by atoms with E-state index in [4.69, 9.17) is 16.3 Å². The Kier molecular flexibility index (Phi) is 6.23. The summed E-state index contributed by atoms with van der Waals surface area (Å²) in [4.78, 5) is 31.7. The SMILES string of the molecule is CC(C)(C)OC(=O)N[C@H]1CCN(c2c(Cl)cncc2/N=C/c2ccc3nccnc3c2)C1. The van der Waals surface area contributed by atoms with E-state index >= 15 is 0 Å². The number of carbonyl (C=O) groups is 1. The molecule has 0 radical (unpaired) electrons. The lowest BCUT2D eigenvalue weighted by Crippen LogP contribution is -2.40. The van der Waals surface area contributed by atoms with E-state index in [1.807, 2.05) is 39.0 Å². The quantitative estimate of drug-likeness (QED) is 0.584. The van der Waals surface area contributed by atoms with Crippen molar-refractivity contribution in [3.63, 3.8) is 0 Å². The number of aromatic nitrogens is 3. The minimum atomic E-state index is -0.535. The second kappa shape index (κ2) is 9.08. The molecule has 4 rings (SSSR count). The molecule has 166 valence electrons. The topological polar surface area (TPSA) is 92.6 Å². The molecule has 8 nitrogen and oxygen atoms in total. The molecule has 9 heteroatoms. The van der Waals surface area contributed by atoms with Crippen LogP contribution in [0.1, 0.15) is 32.8 Å². The predicted octanol–water partition coefficient (Wildman–Crippen LogP) is 4.53. The standard InChI is InChI=1S/C23H25ClN6O2/c1-23(2,3)32-22(31)29-16-6-9-30(14-16)21-17(24)12-25-13-20(21)28-11-15-4-5-18-19(10-15)27-8-7-26-18/h4-5,7-8,10-13,16H,6,9,14H2,1-3H3,(H,29,31)/b28-11+/t16-/m0/s1. The van der Waals surface area contributed by atoms with E-state index in [-0.39, 0.29) is 6.04 Å². The van der Waals surface area contributed by atoms with E-state index in [0.29, 0.717) is 17.3 Å². The van der Waals surface area contributed by atoms with Crippen LogP contribution in [0.2, 0.25) is 5.02 Å². The molecule has 0 unspecified atom stereocenters. The maximum absolute atomic E-state index is 12.1. The Balaban J connectivity index is 1.50. The zero-order valence-corrected chi connectivity index (χ0v) is 19.0. The molecule has 1 fully saturated rings. The van der Waals surface area contributed by atoms with Crippen molar-refractivity contribution in [3.05, 3.63) is 53.6 Å². The number of pyridine rings is 1. The van der Waals surface area contributed by atoms with Gasteiger partial charge in [-0.05, 0) is 44.9 Å². The third kappa shape index (κ3) is 5.31. The predicted molar refractivity (Wildman–Crippen MR) is 126 cm³/mol. The maximum atomic E-state index is 12.1. The first-order chi connectivity index (χ1) is 15.3. The number of halogens is 1. The third-order valence-corrected chi connectivity index (χ3v) is 5.20. The summed E-state index contributed by atoms with van der Waals surface area (Å²) in [5.41, 5.74) is 3.45. The second-order valence-electron chi connectivity index (χ2n) is 8.63. The Bertz CT molecular complexity index is 1160. The van der Waals surface area contributed by atoms with Crippen LogP contribution in [0.5, 0.6) is 0 Å². The number of alkyl carbamates (subject to hydrolysis) is 1. The number of carbonyl (C=O) groups excluding carboxylic acids is 1. The molecule has 32 heavy (non-hydrogen) atoms. The van der Waals surface area contributed by atoms with Crippen molar-refractivity contribution in [1.82, 2.24) is 20.3 Å². The monoisotopic (exact) mass is 452 g/mol. The molecule has 1 aromatic carbocycles. The van der Waals surface area contributed by atoms with Gasteiger partial charge in [-0.25, -0.2) is 4.79 Å². The summed E-state index contributed by atoms with van der Waals surface area (Å²) < 4.78 is 5.37. The molecule has 0 bridgehead atoms. The van der Waals surface area contributed by atoms with Gasteiger partial charge in [-0.1, -0.05) is 17.7 Å². The van der Waals surface area contributed by atoms with Crippen molar-refractivity contribution in [3.8, 4) is 0 Å². The van der Waals surface area contributed by atoms with Crippen LogP contribution in [-0.4, -0.2) is 52.0 Å². The number of anilines is 1. The second-order valence-corrected chi connectivity index (χ2v) is 9.04. The molecule has 1 N–H and O–H groups in total. The molecule has 0 spiro atoms. The zero-order valence-electron chi connectivity index (χ0n) is 18.2. The molecule has 1 amide bonds. The van der Waals surface area contributed by atoms with Gasteiger partial charge in [-0.15, -0.1) is 0 Å². The molecule has 3 aromatic rings. The van der Waals surface area contributed by atoms with Gasteiger partial charge >= 0.3 is 6.09 Å². The third-order valence-electron chi connectivity index (χ3n) is 4.92. The van der Waals surface area contributed by atoms with Crippen LogP contribution in [0, 0.1) is 0 Å². The number of ether oxygens (including phenoxy) is 1. The highest BCUT2D eigenvalue weighted by atomic mass is 35.5. The molecule has 0 aliphatic carbocycles. The van der Waals surface area contributed by atoms with Gasteiger partial charge in [-0.3, -0.25) is 19.9 Å². The highest BCUT2D eigenvalue weighted by Gasteiger charge is 2.28. The minimum Gasteiger partial charge on any atom is -0.444 e. The van der Waals surface area contributed by atoms with E-state index < -0.39 is 11.7 Å². The van der Waals surface area contributed by atoms with E-state index in [1.54, 1.807) is 31.0 Å². The van der Waals surface area contributed by atoms with E-state index in [1.165, 1.54) is 0 Å². The van der Waals surface area contributed by atoms with Crippen LogP contribution >= 0.6 is 11.6 Å². The summed E-state index contributed by atoms with van der Waals surface area (Å²) in [7, 11) is 0. The van der Waals surface area contributed by atoms with Crippen molar-refractivity contribution >= 4 is 46.3 Å². The highest BCUT2D eigenvalue weighted by Crippen LogP contribution is 2.37. The van der Waals surface area contributed by atoms with Crippen LogP contribution in [0.25, 0.3) is 11.0 Å². The van der Waals surface area contributed by atoms with Crippen LogP contribution in [0.4, 0.5) is 16.2 Å². The highest BCUT2D eigenvalue weighted by molar-refractivity contribution is 6.33. The van der Waals surface area contributed by atoms with Crippen molar-refractivity contribution in [2.24, 2.45) is 4.99 Å².